The third kappa shape index (κ3) is 3.02. The van der Waals surface area contributed by atoms with E-state index in [-0.39, 0.29) is 6.10 Å². The minimum Gasteiger partial charge on any atom is -0.375 e. The molecule has 18 heavy (non-hydrogen) atoms. The van der Waals surface area contributed by atoms with Crippen molar-refractivity contribution in [2.75, 3.05) is 45.2 Å². The summed E-state index contributed by atoms with van der Waals surface area (Å²) in [5, 5.41) is 0. The van der Waals surface area contributed by atoms with E-state index in [1.807, 2.05) is 13.1 Å². The molecule has 5 heteroatoms. The maximum Gasteiger partial charge on any atom is 0.0974 e. The van der Waals surface area contributed by atoms with Gasteiger partial charge >= 0.3 is 0 Å². The summed E-state index contributed by atoms with van der Waals surface area (Å²) in [7, 11) is 3.86. The third-order valence-electron chi connectivity index (χ3n) is 3.46. The summed E-state index contributed by atoms with van der Waals surface area (Å²) in [6.07, 6.45) is 1.96. The minimum atomic E-state index is 0.0147. The van der Waals surface area contributed by atoms with Crippen molar-refractivity contribution in [3.05, 3.63) is 22.4 Å². The van der Waals surface area contributed by atoms with E-state index in [2.05, 4.69) is 43.8 Å². The molecule has 1 saturated heterocycles. The molecular formula is C13H20BrN3O. The number of aromatic nitrogens is 1. The number of nitrogens with zero attached hydrogens (tertiary/aromatic N) is 3. The molecule has 0 amide bonds. The van der Waals surface area contributed by atoms with Gasteiger partial charge in [-0.2, -0.15) is 0 Å². The fourth-order valence-corrected chi connectivity index (χ4v) is 2.75. The first-order valence-electron chi connectivity index (χ1n) is 6.23. The van der Waals surface area contributed by atoms with Gasteiger partial charge in [0.1, 0.15) is 0 Å². The van der Waals surface area contributed by atoms with E-state index in [4.69, 9.17) is 4.74 Å². The highest BCUT2D eigenvalue weighted by Gasteiger charge is 2.17. The molecule has 1 fully saturated rings. The number of methoxy groups -OCH3 is 1. The smallest absolute Gasteiger partial charge is 0.0974 e. The molecule has 1 aliphatic heterocycles. The topological polar surface area (TPSA) is 28.6 Å². The fourth-order valence-electron chi connectivity index (χ4n) is 2.09. The lowest BCUT2D eigenvalue weighted by atomic mass is 10.2. The van der Waals surface area contributed by atoms with Crippen LogP contribution in [0, 0.1) is 0 Å². The molecule has 100 valence electrons. The number of rotatable bonds is 3. The number of pyridine rings is 1. The van der Waals surface area contributed by atoms with Gasteiger partial charge in [0.2, 0.25) is 0 Å². The number of ether oxygens (including phenoxy) is 1. The average molecular weight is 314 g/mol. The van der Waals surface area contributed by atoms with E-state index >= 15 is 0 Å². The molecule has 0 N–H and O–H groups in total. The first-order chi connectivity index (χ1) is 8.61. The molecule has 2 heterocycles. The molecular weight excluding hydrogens is 294 g/mol. The van der Waals surface area contributed by atoms with Crippen molar-refractivity contribution >= 4 is 21.6 Å². The lowest BCUT2D eigenvalue weighted by Crippen LogP contribution is -2.44. The number of hydrogen-bond acceptors (Lipinski definition) is 4. The quantitative estimate of drug-likeness (QED) is 0.856. The van der Waals surface area contributed by atoms with Crippen molar-refractivity contribution in [3.8, 4) is 0 Å². The summed E-state index contributed by atoms with van der Waals surface area (Å²) in [6, 6.07) is 2.14. The second-order valence-corrected chi connectivity index (χ2v) is 5.58. The van der Waals surface area contributed by atoms with Crippen molar-refractivity contribution < 1.29 is 4.74 Å². The Morgan fingerprint density at radius 2 is 2.00 bits per heavy atom. The zero-order valence-corrected chi connectivity index (χ0v) is 12.8. The summed E-state index contributed by atoms with van der Waals surface area (Å²) in [6.45, 7) is 6.33. The number of hydrogen-bond donors (Lipinski definition) is 0. The van der Waals surface area contributed by atoms with Gasteiger partial charge < -0.3 is 14.5 Å². The molecule has 1 aromatic rings. The average Bonchev–Trinajstić information content (AvgIpc) is 2.38. The summed E-state index contributed by atoms with van der Waals surface area (Å²) >= 11 is 3.59. The Hall–Kier alpha value is -0.650. The Kier molecular flexibility index (Phi) is 4.59. The molecule has 0 saturated carbocycles. The van der Waals surface area contributed by atoms with Crippen LogP contribution in [0.5, 0.6) is 0 Å². The highest BCUT2D eigenvalue weighted by atomic mass is 79.9. The lowest BCUT2D eigenvalue weighted by Gasteiger charge is -2.34. The van der Waals surface area contributed by atoms with E-state index in [1.54, 1.807) is 7.11 Å². The van der Waals surface area contributed by atoms with Crippen molar-refractivity contribution in [1.29, 1.82) is 0 Å². The molecule has 0 unspecified atom stereocenters. The summed E-state index contributed by atoms with van der Waals surface area (Å²) in [5.41, 5.74) is 2.14. The van der Waals surface area contributed by atoms with Gasteiger partial charge in [0, 0.05) is 37.8 Å². The largest absolute Gasteiger partial charge is 0.375 e. The fraction of sp³-hybridized carbons (Fsp3) is 0.615. The molecule has 0 spiro atoms. The minimum absolute atomic E-state index is 0.0147. The van der Waals surface area contributed by atoms with E-state index in [9.17, 15) is 0 Å². The van der Waals surface area contributed by atoms with Crippen molar-refractivity contribution in [2.24, 2.45) is 0 Å². The van der Waals surface area contributed by atoms with Gasteiger partial charge in [0.05, 0.1) is 23.7 Å². The Labute approximate surface area is 117 Å². The zero-order valence-electron chi connectivity index (χ0n) is 11.2. The van der Waals surface area contributed by atoms with Crippen LogP contribution in [0.1, 0.15) is 18.7 Å². The number of likely N-dealkylation sites (N-methyl/N-ethyl adjacent to an activating group) is 1. The van der Waals surface area contributed by atoms with Crippen LogP contribution in [-0.2, 0) is 4.74 Å². The Balaban J connectivity index is 2.13. The Morgan fingerprint density at radius 3 is 2.56 bits per heavy atom. The molecule has 4 nitrogen and oxygen atoms in total. The summed E-state index contributed by atoms with van der Waals surface area (Å²) in [5.74, 6) is 0. The normalized spacial score (nSPS) is 19.0. The van der Waals surface area contributed by atoms with Crippen LogP contribution in [0.25, 0.3) is 0 Å². The molecule has 1 atom stereocenters. The molecule has 1 aliphatic rings. The van der Waals surface area contributed by atoms with Gasteiger partial charge in [0.15, 0.2) is 0 Å². The predicted molar refractivity (Wildman–Crippen MR) is 77.1 cm³/mol. The highest BCUT2D eigenvalue weighted by Crippen LogP contribution is 2.27. The second-order valence-electron chi connectivity index (χ2n) is 4.73. The van der Waals surface area contributed by atoms with Gasteiger partial charge in [-0.1, -0.05) is 0 Å². The summed E-state index contributed by atoms with van der Waals surface area (Å²) in [4.78, 5) is 9.24. The predicted octanol–water partition coefficient (Wildman–Crippen LogP) is 2.30. The number of halogens is 1. The second kappa shape index (κ2) is 5.99. The van der Waals surface area contributed by atoms with Crippen LogP contribution in [-0.4, -0.2) is 50.2 Å². The van der Waals surface area contributed by atoms with Gasteiger partial charge in [-0.15, -0.1) is 0 Å². The number of anilines is 1. The third-order valence-corrected chi connectivity index (χ3v) is 4.10. The Morgan fingerprint density at radius 1 is 1.33 bits per heavy atom. The van der Waals surface area contributed by atoms with Crippen LogP contribution in [0.3, 0.4) is 0 Å². The van der Waals surface area contributed by atoms with Crippen molar-refractivity contribution in [1.82, 2.24) is 9.88 Å². The zero-order chi connectivity index (χ0) is 13.1. The van der Waals surface area contributed by atoms with Crippen LogP contribution in [0.2, 0.25) is 0 Å². The van der Waals surface area contributed by atoms with Gasteiger partial charge in [-0.05, 0) is 36.0 Å². The van der Waals surface area contributed by atoms with Crippen molar-refractivity contribution in [2.45, 2.75) is 13.0 Å². The molecule has 0 aromatic carbocycles. The van der Waals surface area contributed by atoms with Gasteiger partial charge in [-0.25, -0.2) is 0 Å². The van der Waals surface area contributed by atoms with Crippen LogP contribution in [0.4, 0.5) is 5.69 Å². The Bertz CT molecular complexity index is 405. The van der Waals surface area contributed by atoms with Crippen LogP contribution < -0.4 is 4.90 Å². The lowest BCUT2D eigenvalue weighted by molar-refractivity contribution is 0.115. The first-order valence-corrected chi connectivity index (χ1v) is 7.03. The van der Waals surface area contributed by atoms with E-state index < -0.39 is 0 Å². The molecule has 2 rings (SSSR count). The maximum absolute atomic E-state index is 5.30. The highest BCUT2D eigenvalue weighted by molar-refractivity contribution is 9.10. The molecule has 0 radical (unpaired) electrons. The van der Waals surface area contributed by atoms with E-state index in [0.29, 0.717) is 0 Å². The number of piperazine rings is 1. The standard InChI is InChI=1S/C13H20BrN3O/c1-10(18-3)13-12(14)8-11(9-15-13)17-6-4-16(2)5-7-17/h8-10H,4-7H2,1-3H3/t10-/m0/s1. The SMILES string of the molecule is CO[C@@H](C)c1ncc(N2CCN(C)CC2)cc1Br. The molecule has 0 bridgehead atoms. The van der Waals surface area contributed by atoms with Gasteiger partial charge in [0.25, 0.3) is 0 Å². The first kappa shape index (κ1) is 13.8. The van der Waals surface area contributed by atoms with E-state index in [0.717, 1.165) is 36.3 Å². The molecule has 1 aromatic heterocycles. The van der Waals surface area contributed by atoms with Crippen molar-refractivity contribution in [3.63, 3.8) is 0 Å². The molecule has 0 aliphatic carbocycles. The summed E-state index contributed by atoms with van der Waals surface area (Å²) < 4.78 is 6.33. The van der Waals surface area contributed by atoms with Gasteiger partial charge in [-0.3, -0.25) is 4.98 Å². The monoisotopic (exact) mass is 313 g/mol. The van der Waals surface area contributed by atoms with Crippen LogP contribution in [0.15, 0.2) is 16.7 Å². The maximum atomic E-state index is 5.30. The van der Waals surface area contributed by atoms with Crippen LogP contribution >= 0.6 is 15.9 Å². The van der Waals surface area contributed by atoms with E-state index in [1.165, 1.54) is 5.69 Å².